The van der Waals surface area contributed by atoms with Gasteiger partial charge in [0.2, 0.25) is 0 Å². The van der Waals surface area contributed by atoms with E-state index in [1.165, 1.54) is 11.1 Å². The molecule has 0 unspecified atom stereocenters. The Bertz CT molecular complexity index is 828. The standard InChI is InChI=1S/C18H19N3/c1-12-5-3-4-6-13(12)9-17(20)16-11-21(2)18-8-7-14(19)10-15(16)18/h3-8,10-11,20H,9,19H2,1-2H3. The monoisotopic (exact) mass is 277 g/mol. The Kier molecular flexibility index (Phi) is 3.26. The summed E-state index contributed by atoms with van der Waals surface area (Å²) in [6, 6.07) is 14.1. The molecule has 0 aliphatic carbocycles. The molecular formula is C18H19N3. The third-order valence-corrected chi connectivity index (χ3v) is 3.97. The number of nitrogens with one attached hydrogen (secondary N) is 1. The average molecular weight is 277 g/mol. The number of nitrogens with two attached hydrogens (primary N) is 1. The number of benzene rings is 2. The molecule has 0 radical (unpaired) electrons. The first kappa shape index (κ1) is 13.4. The van der Waals surface area contributed by atoms with E-state index in [9.17, 15) is 0 Å². The Balaban J connectivity index is 2.02. The molecule has 3 heteroatoms. The fraction of sp³-hybridized carbons (Fsp3) is 0.167. The van der Waals surface area contributed by atoms with Gasteiger partial charge in [0.1, 0.15) is 0 Å². The Hall–Kier alpha value is -2.55. The molecule has 0 spiro atoms. The summed E-state index contributed by atoms with van der Waals surface area (Å²) in [6.45, 7) is 2.09. The van der Waals surface area contributed by atoms with Crippen LogP contribution in [-0.2, 0) is 13.5 Å². The van der Waals surface area contributed by atoms with Crippen LogP contribution in [0.25, 0.3) is 10.9 Å². The molecule has 0 atom stereocenters. The van der Waals surface area contributed by atoms with Crippen LogP contribution in [0.1, 0.15) is 16.7 Å². The Morgan fingerprint density at radius 2 is 1.95 bits per heavy atom. The zero-order valence-electron chi connectivity index (χ0n) is 12.4. The summed E-state index contributed by atoms with van der Waals surface area (Å²) in [7, 11) is 2.00. The molecule has 21 heavy (non-hydrogen) atoms. The van der Waals surface area contributed by atoms with Crippen LogP contribution in [0, 0.1) is 12.3 Å². The van der Waals surface area contributed by atoms with Crippen LogP contribution in [0.2, 0.25) is 0 Å². The van der Waals surface area contributed by atoms with Gasteiger partial charge in [-0.05, 0) is 36.2 Å². The summed E-state index contributed by atoms with van der Waals surface area (Å²) in [5.41, 5.74) is 11.7. The van der Waals surface area contributed by atoms with Crippen molar-refractivity contribution in [1.29, 1.82) is 5.41 Å². The molecule has 106 valence electrons. The number of aromatic nitrogens is 1. The van der Waals surface area contributed by atoms with Crippen molar-refractivity contribution in [3.63, 3.8) is 0 Å². The van der Waals surface area contributed by atoms with E-state index in [1.54, 1.807) is 0 Å². The first-order valence-electron chi connectivity index (χ1n) is 7.03. The zero-order valence-corrected chi connectivity index (χ0v) is 12.4. The summed E-state index contributed by atoms with van der Waals surface area (Å²) in [4.78, 5) is 0. The first-order chi connectivity index (χ1) is 10.1. The van der Waals surface area contributed by atoms with Crippen molar-refractivity contribution in [2.24, 2.45) is 7.05 Å². The predicted octanol–water partition coefficient (Wildman–Crippen LogP) is 3.68. The molecule has 1 heterocycles. The van der Waals surface area contributed by atoms with Crippen LogP contribution in [0.3, 0.4) is 0 Å². The Morgan fingerprint density at radius 1 is 1.19 bits per heavy atom. The highest BCUT2D eigenvalue weighted by Crippen LogP contribution is 2.24. The van der Waals surface area contributed by atoms with Crippen molar-refractivity contribution in [1.82, 2.24) is 4.57 Å². The second kappa shape index (κ2) is 5.09. The van der Waals surface area contributed by atoms with Crippen LogP contribution >= 0.6 is 0 Å². The van der Waals surface area contributed by atoms with Gasteiger partial charge in [0.25, 0.3) is 0 Å². The molecule has 1 aromatic heterocycles. The van der Waals surface area contributed by atoms with E-state index in [0.717, 1.165) is 22.2 Å². The molecule has 0 bridgehead atoms. The molecule has 0 fully saturated rings. The highest BCUT2D eigenvalue weighted by atomic mass is 14.9. The van der Waals surface area contributed by atoms with Gasteiger partial charge in [0.05, 0.1) is 0 Å². The van der Waals surface area contributed by atoms with Gasteiger partial charge in [-0.3, -0.25) is 0 Å². The van der Waals surface area contributed by atoms with Gasteiger partial charge >= 0.3 is 0 Å². The minimum Gasteiger partial charge on any atom is -0.399 e. The molecule has 2 aromatic carbocycles. The molecular weight excluding hydrogens is 258 g/mol. The summed E-state index contributed by atoms with van der Waals surface area (Å²) in [6.07, 6.45) is 2.66. The number of hydrogen-bond donors (Lipinski definition) is 2. The number of nitrogens with zero attached hydrogens (tertiary/aromatic N) is 1. The smallest absolute Gasteiger partial charge is 0.0486 e. The molecule has 3 nitrogen and oxygen atoms in total. The second-order valence-electron chi connectivity index (χ2n) is 5.51. The van der Waals surface area contributed by atoms with Gasteiger partial charge in [-0.15, -0.1) is 0 Å². The van der Waals surface area contributed by atoms with Gasteiger partial charge in [-0.1, -0.05) is 24.3 Å². The largest absolute Gasteiger partial charge is 0.399 e. The third-order valence-electron chi connectivity index (χ3n) is 3.97. The number of fused-ring (bicyclic) bond motifs is 1. The molecule has 0 saturated carbocycles. The molecule has 0 saturated heterocycles. The lowest BCUT2D eigenvalue weighted by Gasteiger charge is -2.06. The molecule has 3 aromatic rings. The summed E-state index contributed by atoms with van der Waals surface area (Å²) in [5.74, 6) is 0. The van der Waals surface area contributed by atoms with E-state index in [4.69, 9.17) is 11.1 Å². The SMILES string of the molecule is Cc1ccccc1CC(=N)c1cn(C)c2ccc(N)cc12. The van der Waals surface area contributed by atoms with Gasteiger partial charge in [-0.25, -0.2) is 0 Å². The maximum atomic E-state index is 8.48. The van der Waals surface area contributed by atoms with Gasteiger partial charge in [0.15, 0.2) is 0 Å². The topological polar surface area (TPSA) is 54.8 Å². The van der Waals surface area contributed by atoms with E-state index in [-0.39, 0.29) is 0 Å². The number of rotatable bonds is 3. The normalized spacial score (nSPS) is 11.0. The third kappa shape index (κ3) is 2.42. The molecule has 0 amide bonds. The first-order valence-corrected chi connectivity index (χ1v) is 7.03. The lowest BCUT2D eigenvalue weighted by Crippen LogP contribution is -2.04. The van der Waals surface area contributed by atoms with Gasteiger partial charge in [0, 0.05) is 47.5 Å². The minimum atomic E-state index is 0.625. The van der Waals surface area contributed by atoms with Gasteiger partial charge < -0.3 is 15.7 Å². The molecule has 3 N–H and O–H groups in total. The Morgan fingerprint density at radius 3 is 2.71 bits per heavy atom. The van der Waals surface area contributed by atoms with E-state index in [2.05, 4.69) is 23.6 Å². The van der Waals surface area contributed by atoms with Crippen LogP contribution in [0.5, 0.6) is 0 Å². The average Bonchev–Trinajstić information content (AvgIpc) is 2.78. The maximum Gasteiger partial charge on any atom is 0.0486 e. The van der Waals surface area contributed by atoms with E-state index in [1.807, 2.05) is 43.6 Å². The highest BCUT2D eigenvalue weighted by Gasteiger charge is 2.12. The number of hydrogen-bond acceptors (Lipinski definition) is 2. The fourth-order valence-corrected chi connectivity index (χ4v) is 2.74. The lowest BCUT2D eigenvalue weighted by molar-refractivity contribution is 0.967. The van der Waals surface area contributed by atoms with Crippen LogP contribution < -0.4 is 5.73 Å². The van der Waals surface area contributed by atoms with Crippen LogP contribution in [0.15, 0.2) is 48.7 Å². The molecule has 0 aliphatic heterocycles. The summed E-state index contributed by atoms with van der Waals surface area (Å²) >= 11 is 0. The Labute approximate surface area is 124 Å². The van der Waals surface area contributed by atoms with Gasteiger partial charge in [-0.2, -0.15) is 0 Å². The zero-order chi connectivity index (χ0) is 15.0. The van der Waals surface area contributed by atoms with E-state index < -0.39 is 0 Å². The van der Waals surface area contributed by atoms with Crippen molar-refractivity contribution in [3.8, 4) is 0 Å². The summed E-state index contributed by atoms with van der Waals surface area (Å²) in [5, 5.41) is 9.53. The van der Waals surface area contributed by atoms with Crippen molar-refractivity contribution in [2.75, 3.05) is 5.73 Å². The van der Waals surface area contributed by atoms with Crippen molar-refractivity contribution >= 4 is 22.3 Å². The number of aryl methyl sites for hydroxylation is 2. The molecule has 0 aliphatic rings. The van der Waals surface area contributed by atoms with E-state index in [0.29, 0.717) is 12.1 Å². The predicted molar refractivity (Wildman–Crippen MR) is 89.0 cm³/mol. The van der Waals surface area contributed by atoms with Crippen LogP contribution in [0.4, 0.5) is 5.69 Å². The fourth-order valence-electron chi connectivity index (χ4n) is 2.74. The lowest BCUT2D eigenvalue weighted by atomic mass is 9.98. The number of anilines is 1. The van der Waals surface area contributed by atoms with Crippen molar-refractivity contribution in [2.45, 2.75) is 13.3 Å². The van der Waals surface area contributed by atoms with Crippen molar-refractivity contribution in [3.05, 3.63) is 65.4 Å². The van der Waals surface area contributed by atoms with Crippen molar-refractivity contribution < 1.29 is 0 Å². The number of nitrogen functional groups attached to an aromatic ring is 1. The van der Waals surface area contributed by atoms with E-state index >= 15 is 0 Å². The molecule has 3 rings (SSSR count). The van der Waals surface area contributed by atoms with Crippen LogP contribution in [-0.4, -0.2) is 10.3 Å². The highest BCUT2D eigenvalue weighted by molar-refractivity contribution is 6.10. The summed E-state index contributed by atoms with van der Waals surface area (Å²) < 4.78 is 2.05. The maximum absolute atomic E-state index is 8.48. The minimum absolute atomic E-state index is 0.625. The second-order valence-corrected chi connectivity index (χ2v) is 5.51. The quantitative estimate of drug-likeness (QED) is 0.557.